The van der Waals surface area contributed by atoms with Gasteiger partial charge in [0.25, 0.3) is 0 Å². The van der Waals surface area contributed by atoms with Gasteiger partial charge in [-0.15, -0.1) is 11.3 Å². The lowest BCUT2D eigenvalue weighted by atomic mass is 9.98. The highest BCUT2D eigenvalue weighted by Gasteiger charge is 2.15. The maximum absolute atomic E-state index is 6.42. The molecule has 0 bridgehead atoms. The van der Waals surface area contributed by atoms with Gasteiger partial charge >= 0.3 is 0 Å². The zero-order valence-electron chi connectivity index (χ0n) is 12.0. The van der Waals surface area contributed by atoms with Crippen molar-refractivity contribution in [3.8, 4) is 5.75 Å². The van der Waals surface area contributed by atoms with Crippen molar-refractivity contribution in [2.24, 2.45) is 5.73 Å². The zero-order valence-corrected chi connectivity index (χ0v) is 12.8. The second-order valence-electron chi connectivity index (χ2n) is 4.81. The molecule has 1 heterocycles. The third-order valence-corrected chi connectivity index (χ3v) is 4.77. The lowest BCUT2D eigenvalue weighted by Gasteiger charge is -2.16. The number of hydrogen-bond acceptors (Lipinski definition) is 3. The largest absolute Gasteiger partial charge is 0.496 e. The van der Waals surface area contributed by atoms with E-state index in [0.717, 1.165) is 17.7 Å². The summed E-state index contributed by atoms with van der Waals surface area (Å²) in [7, 11) is 1.70. The van der Waals surface area contributed by atoms with E-state index in [2.05, 4.69) is 45.0 Å². The Bertz CT molecular complexity index is 574. The maximum Gasteiger partial charge on any atom is 0.122 e. The minimum Gasteiger partial charge on any atom is -0.496 e. The number of benzene rings is 1. The van der Waals surface area contributed by atoms with E-state index in [1.807, 2.05) is 0 Å². The number of aryl methyl sites for hydroxylation is 3. The van der Waals surface area contributed by atoms with Crippen LogP contribution in [0.15, 0.2) is 24.3 Å². The summed E-state index contributed by atoms with van der Waals surface area (Å²) in [6, 6.07) is 8.48. The van der Waals surface area contributed by atoms with E-state index in [0.29, 0.717) is 0 Å². The quantitative estimate of drug-likeness (QED) is 0.916. The van der Waals surface area contributed by atoms with Crippen LogP contribution in [0.2, 0.25) is 0 Å². The third-order valence-electron chi connectivity index (χ3n) is 3.46. The molecule has 102 valence electrons. The van der Waals surface area contributed by atoms with Gasteiger partial charge < -0.3 is 10.5 Å². The Morgan fingerprint density at radius 2 is 1.95 bits per heavy atom. The van der Waals surface area contributed by atoms with Crippen molar-refractivity contribution in [2.45, 2.75) is 33.2 Å². The monoisotopic (exact) mass is 275 g/mol. The first-order valence-electron chi connectivity index (χ1n) is 6.56. The molecule has 2 nitrogen and oxygen atoms in total. The van der Waals surface area contributed by atoms with Crippen molar-refractivity contribution in [1.29, 1.82) is 0 Å². The summed E-state index contributed by atoms with van der Waals surface area (Å²) in [4.78, 5) is 2.61. The summed E-state index contributed by atoms with van der Waals surface area (Å²) >= 11 is 1.80. The summed E-state index contributed by atoms with van der Waals surface area (Å²) in [6.45, 7) is 6.32. The Hall–Kier alpha value is -1.32. The molecule has 1 atom stereocenters. The fourth-order valence-corrected chi connectivity index (χ4v) is 3.25. The highest BCUT2D eigenvalue weighted by Crippen LogP contribution is 2.32. The summed E-state index contributed by atoms with van der Waals surface area (Å²) in [5.74, 6) is 0.925. The fraction of sp³-hybridized carbons (Fsp3) is 0.375. The molecule has 0 aliphatic heterocycles. The molecule has 0 aliphatic rings. The smallest absolute Gasteiger partial charge is 0.122 e. The molecule has 2 rings (SSSR count). The molecule has 0 saturated heterocycles. The zero-order chi connectivity index (χ0) is 14.0. The normalized spacial score (nSPS) is 12.5. The molecule has 0 aliphatic carbocycles. The van der Waals surface area contributed by atoms with Crippen molar-refractivity contribution in [3.63, 3.8) is 0 Å². The van der Waals surface area contributed by atoms with Crippen molar-refractivity contribution in [2.75, 3.05) is 7.11 Å². The number of thiophene rings is 1. The number of rotatable bonds is 4. The predicted octanol–water partition coefficient (Wildman–Crippen LogP) is 3.98. The average Bonchev–Trinajstić information content (AvgIpc) is 2.89. The first-order chi connectivity index (χ1) is 9.06. The fourth-order valence-electron chi connectivity index (χ4n) is 2.27. The van der Waals surface area contributed by atoms with Crippen molar-refractivity contribution in [1.82, 2.24) is 0 Å². The average molecular weight is 275 g/mol. The van der Waals surface area contributed by atoms with E-state index in [1.54, 1.807) is 18.4 Å². The maximum atomic E-state index is 6.42. The van der Waals surface area contributed by atoms with E-state index in [1.165, 1.54) is 20.9 Å². The molecule has 3 heteroatoms. The van der Waals surface area contributed by atoms with Crippen LogP contribution in [0.1, 0.15) is 39.4 Å². The summed E-state index contributed by atoms with van der Waals surface area (Å²) in [6.07, 6.45) is 1.07. The molecular formula is C16H21NOS. The van der Waals surface area contributed by atoms with Crippen LogP contribution in [0.3, 0.4) is 0 Å². The van der Waals surface area contributed by atoms with E-state index >= 15 is 0 Å². The van der Waals surface area contributed by atoms with Crippen molar-refractivity contribution < 1.29 is 4.74 Å². The topological polar surface area (TPSA) is 35.2 Å². The summed E-state index contributed by atoms with van der Waals surface area (Å²) in [5.41, 5.74) is 9.91. The Morgan fingerprint density at radius 1 is 1.21 bits per heavy atom. The van der Waals surface area contributed by atoms with Gasteiger partial charge in [0, 0.05) is 9.75 Å². The lowest BCUT2D eigenvalue weighted by molar-refractivity contribution is 0.411. The number of hydrogen-bond donors (Lipinski definition) is 1. The lowest BCUT2D eigenvalue weighted by Crippen LogP contribution is -2.12. The van der Waals surface area contributed by atoms with Crippen LogP contribution >= 0.6 is 11.3 Å². The molecular weight excluding hydrogens is 254 g/mol. The summed E-state index contributed by atoms with van der Waals surface area (Å²) in [5, 5.41) is 0. The van der Waals surface area contributed by atoms with Crippen LogP contribution in [0.5, 0.6) is 5.75 Å². The highest BCUT2D eigenvalue weighted by atomic mass is 32.1. The molecule has 1 aromatic carbocycles. The van der Waals surface area contributed by atoms with Gasteiger partial charge in [-0.1, -0.05) is 13.0 Å². The molecule has 2 aromatic rings. The van der Waals surface area contributed by atoms with Gasteiger partial charge in [-0.2, -0.15) is 0 Å². The Labute approximate surface area is 119 Å². The van der Waals surface area contributed by atoms with Crippen molar-refractivity contribution in [3.05, 3.63) is 50.7 Å². The van der Waals surface area contributed by atoms with Crippen molar-refractivity contribution >= 4 is 11.3 Å². The van der Waals surface area contributed by atoms with Gasteiger partial charge in [-0.25, -0.2) is 0 Å². The van der Waals surface area contributed by atoms with Crippen LogP contribution in [0.25, 0.3) is 0 Å². The van der Waals surface area contributed by atoms with E-state index in [-0.39, 0.29) is 6.04 Å². The van der Waals surface area contributed by atoms with Gasteiger partial charge in [0.15, 0.2) is 0 Å². The molecule has 0 amide bonds. The molecule has 0 saturated carbocycles. The molecule has 1 unspecified atom stereocenters. The number of ether oxygens (including phenoxy) is 1. The van der Waals surface area contributed by atoms with Crippen LogP contribution in [0.4, 0.5) is 0 Å². The van der Waals surface area contributed by atoms with E-state index in [4.69, 9.17) is 10.5 Å². The second-order valence-corrected chi connectivity index (χ2v) is 6.01. The Balaban J connectivity index is 2.38. The molecule has 0 spiro atoms. The van der Waals surface area contributed by atoms with Gasteiger partial charge in [-0.3, -0.25) is 0 Å². The third kappa shape index (κ3) is 2.82. The second kappa shape index (κ2) is 5.76. The Morgan fingerprint density at radius 3 is 2.53 bits per heavy atom. The van der Waals surface area contributed by atoms with E-state index < -0.39 is 0 Å². The van der Waals surface area contributed by atoms with Crippen LogP contribution in [0, 0.1) is 13.8 Å². The van der Waals surface area contributed by atoms with Gasteiger partial charge in [0.05, 0.1) is 13.2 Å². The first kappa shape index (κ1) is 14.1. The number of nitrogens with two attached hydrogens (primary N) is 1. The predicted molar refractivity (Wildman–Crippen MR) is 82.2 cm³/mol. The van der Waals surface area contributed by atoms with Gasteiger partial charge in [0.1, 0.15) is 5.75 Å². The molecule has 1 aromatic heterocycles. The SMILES string of the molecule is CCc1ccc(C(N)c2cc(C)c(OC)cc2C)s1. The van der Waals surface area contributed by atoms with E-state index in [9.17, 15) is 0 Å². The molecule has 2 N–H and O–H groups in total. The van der Waals surface area contributed by atoms with Gasteiger partial charge in [-0.05, 0) is 55.2 Å². The van der Waals surface area contributed by atoms with Crippen LogP contribution in [-0.2, 0) is 6.42 Å². The highest BCUT2D eigenvalue weighted by molar-refractivity contribution is 7.12. The van der Waals surface area contributed by atoms with Crippen LogP contribution < -0.4 is 10.5 Å². The standard InChI is InChI=1S/C16H21NOS/c1-5-12-6-7-15(19-12)16(17)13-8-11(3)14(18-4)9-10(13)2/h6-9,16H,5,17H2,1-4H3. The van der Waals surface area contributed by atoms with Gasteiger partial charge in [0.2, 0.25) is 0 Å². The van der Waals surface area contributed by atoms with Crippen LogP contribution in [-0.4, -0.2) is 7.11 Å². The number of methoxy groups -OCH3 is 1. The first-order valence-corrected chi connectivity index (χ1v) is 7.37. The Kier molecular flexibility index (Phi) is 4.27. The molecule has 0 fully saturated rings. The minimum absolute atomic E-state index is 0.0464. The molecule has 0 radical (unpaired) electrons. The minimum atomic E-state index is -0.0464. The summed E-state index contributed by atoms with van der Waals surface area (Å²) < 4.78 is 5.35. The molecule has 19 heavy (non-hydrogen) atoms.